The van der Waals surface area contributed by atoms with Crippen LogP contribution < -0.4 is 10.5 Å². The monoisotopic (exact) mass is 383 g/mol. The Hall–Kier alpha value is -2.81. The van der Waals surface area contributed by atoms with Gasteiger partial charge < -0.3 is 14.4 Å². The van der Waals surface area contributed by atoms with E-state index in [1.165, 1.54) is 23.5 Å². The summed E-state index contributed by atoms with van der Waals surface area (Å²) in [5.74, 6) is -1.38. The fraction of sp³-hybridized carbons (Fsp3) is 0.176. The molecule has 0 bridgehead atoms. The quantitative estimate of drug-likeness (QED) is 0.731. The minimum Gasteiger partial charge on any atom is -0.477 e. The molecule has 3 aromatic rings. The Morgan fingerprint density at radius 1 is 1.27 bits per heavy atom. The van der Waals surface area contributed by atoms with Crippen LogP contribution in [0.15, 0.2) is 45.6 Å². The molecule has 26 heavy (non-hydrogen) atoms. The number of fused-ring (bicyclic) bond motifs is 1. The van der Waals surface area contributed by atoms with Crippen LogP contribution in [0.1, 0.15) is 21.5 Å². The first-order valence-corrected chi connectivity index (χ1v) is 8.15. The molecule has 0 aliphatic heterocycles. The molecule has 0 unspecified atom stereocenters. The van der Waals surface area contributed by atoms with E-state index in [2.05, 4.69) is 0 Å². The molecule has 136 valence electrons. The minimum atomic E-state index is -4.41. The first-order valence-electron chi connectivity index (χ1n) is 7.33. The van der Waals surface area contributed by atoms with Gasteiger partial charge in [0.25, 0.3) is 0 Å². The van der Waals surface area contributed by atoms with Crippen LogP contribution in [0.25, 0.3) is 10.3 Å². The summed E-state index contributed by atoms with van der Waals surface area (Å²) in [4.78, 5) is 24.3. The predicted molar refractivity (Wildman–Crippen MR) is 90.9 cm³/mol. The summed E-state index contributed by atoms with van der Waals surface area (Å²) in [5.41, 5.74) is -1.44. The van der Waals surface area contributed by atoms with Gasteiger partial charge in [-0.2, -0.15) is 13.2 Å². The van der Waals surface area contributed by atoms with Gasteiger partial charge in [0.15, 0.2) is 5.58 Å². The second-order valence-electron chi connectivity index (χ2n) is 5.62. The maximum Gasteiger partial charge on any atom is 0.416 e. The van der Waals surface area contributed by atoms with E-state index in [0.29, 0.717) is 15.3 Å². The summed E-state index contributed by atoms with van der Waals surface area (Å²) in [7, 11) is 1.68. The van der Waals surface area contributed by atoms with E-state index in [0.717, 1.165) is 12.1 Å². The predicted octanol–water partition coefficient (Wildman–Crippen LogP) is 4.21. The van der Waals surface area contributed by atoms with Crippen LogP contribution >= 0.6 is 11.3 Å². The van der Waals surface area contributed by atoms with Crippen LogP contribution in [0.4, 0.5) is 18.2 Å². The van der Waals surface area contributed by atoms with E-state index in [4.69, 9.17) is 9.52 Å². The van der Waals surface area contributed by atoms with Crippen LogP contribution in [0.3, 0.4) is 0 Å². The number of aromatic carboxylic acids is 1. The first kappa shape index (κ1) is 18.0. The van der Waals surface area contributed by atoms with Gasteiger partial charge in [-0.15, -0.1) is 11.3 Å². The Balaban J connectivity index is 1.90. The van der Waals surface area contributed by atoms with E-state index in [1.807, 2.05) is 0 Å². The number of rotatable bonds is 4. The lowest BCUT2D eigenvalue weighted by Gasteiger charge is -2.17. The molecule has 0 aliphatic carbocycles. The highest BCUT2D eigenvalue weighted by molar-refractivity contribution is 7.22. The summed E-state index contributed by atoms with van der Waals surface area (Å²) in [6.07, 6.45) is -4.41. The van der Waals surface area contributed by atoms with Crippen LogP contribution in [0.5, 0.6) is 0 Å². The number of hydrogen-bond donors (Lipinski definition) is 1. The van der Waals surface area contributed by atoms with Crippen molar-refractivity contribution in [1.82, 2.24) is 0 Å². The maximum atomic E-state index is 12.8. The van der Waals surface area contributed by atoms with Crippen LogP contribution in [0, 0.1) is 0 Å². The molecule has 9 heteroatoms. The third kappa shape index (κ3) is 3.57. The van der Waals surface area contributed by atoms with Crippen LogP contribution in [0.2, 0.25) is 0 Å². The number of nitrogens with zero attached hydrogens (tertiary/aromatic N) is 1. The topological polar surface area (TPSA) is 70.8 Å². The number of benzene rings is 1. The van der Waals surface area contributed by atoms with E-state index >= 15 is 0 Å². The zero-order chi connectivity index (χ0) is 19.1. The lowest BCUT2D eigenvalue weighted by molar-refractivity contribution is -0.137. The first-order chi connectivity index (χ1) is 12.1. The molecule has 0 saturated heterocycles. The van der Waals surface area contributed by atoms with Crippen LogP contribution in [-0.4, -0.2) is 18.1 Å². The van der Waals surface area contributed by atoms with Crippen molar-refractivity contribution in [3.8, 4) is 0 Å². The lowest BCUT2D eigenvalue weighted by Crippen LogP contribution is -2.15. The maximum absolute atomic E-state index is 12.8. The molecule has 0 spiro atoms. The highest BCUT2D eigenvalue weighted by atomic mass is 32.1. The summed E-state index contributed by atoms with van der Waals surface area (Å²) in [5, 5.41) is 9.60. The molecule has 2 heterocycles. The normalized spacial score (nSPS) is 11.7. The van der Waals surface area contributed by atoms with Crippen LogP contribution in [-0.2, 0) is 12.7 Å². The molecule has 0 aliphatic rings. The van der Waals surface area contributed by atoms with Crippen molar-refractivity contribution in [2.45, 2.75) is 12.7 Å². The van der Waals surface area contributed by atoms with Gasteiger partial charge in [-0.05, 0) is 23.8 Å². The van der Waals surface area contributed by atoms with Crippen molar-refractivity contribution in [3.05, 3.63) is 63.5 Å². The van der Waals surface area contributed by atoms with E-state index in [9.17, 15) is 22.8 Å². The van der Waals surface area contributed by atoms with Crippen molar-refractivity contribution in [1.29, 1.82) is 0 Å². The zero-order valence-corrected chi connectivity index (χ0v) is 14.1. The molecular formula is C17H12F3NO4S. The van der Waals surface area contributed by atoms with Gasteiger partial charge in [0.05, 0.1) is 15.3 Å². The highest BCUT2D eigenvalue weighted by Crippen LogP contribution is 2.33. The second kappa shape index (κ2) is 6.49. The standard InChI is InChI=1S/C17H12F3NO4S/c1-21(8-9-3-2-4-10(5-9)17(18,19)20)14-7-12-13(26-14)6-11(15(22)23)16(24)25-12/h2-7H,8H2,1H3,(H,22,23). The second-order valence-corrected chi connectivity index (χ2v) is 6.68. The van der Waals surface area contributed by atoms with Gasteiger partial charge in [-0.3, -0.25) is 0 Å². The number of carboxylic acids is 1. The van der Waals surface area contributed by atoms with Crippen molar-refractivity contribution in [2.75, 3.05) is 11.9 Å². The number of thiophene rings is 1. The van der Waals surface area contributed by atoms with E-state index in [1.54, 1.807) is 24.1 Å². The smallest absolute Gasteiger partial charge is 0.416 e. The van der Waals surface area contributed by atoms with E-state index < -0.39 is 28.9 Å². The molecule has 0 saturated carbocycles. The number of alkyl halides is 3. The molecule has 5 nitrogen and oxygen atoms in total. The summed E-state index contributed by atoms with van der Waals surface area (Å²) in [6, 6.07) is 7.80. The molecule has 2 aromatic heterocycles. The van der Waals surface area contributed by atoms with Gasteiger partial charge in [0.1, 0.15) is 5.56 Å². The number of halogens is 3. The Kier molecular flexibility index (Phi) is 4.49. The average Bonchev–Trinajstić information content (AvgIpc) is 2.96. The van der Waals surface area contributed by atoms with E-state index in [-0.39, 0.29) is 12.1 Å². The molecule has 1 N–H and O–H groups in total. The van der Waals surface area contributed by atoms with Gasteiger partial charge in [0.2, 0.25) is 0 Å². The molecule has 3 rings (SSSR count). The summed E-state index contributed by atoms with van der Waals surface area (Å²) < 4.78 is 43.9. The lowest BCUT2D eigenvalue weighted by atomic mass is 10.1. The fourth-order valence-corrected chi connectivity index (χ4v) is 3.43. The number of hydrogen-bond acceptors (Lipinski definition) is 5. The van der Waals surface area contributed by atoms with Crippen molar-refractivity contribution in [3.63, 3.8) is 0 Å². The largest absolute Gasteiger partial charge is 0.477 e. The van der Waals surface area contributed by atoms with Gasteiger partial charge in [-0.1, -0.05) is 12.1 Å². The third-order valence-electron chi connectivity index (χ3n) is 3.69. The Morgan fingerprint density at radius 2 is 2.00 bits per heavy atom. The summed E-state index contributed by atoms with van der Waals surface area (Å²) >= 11 is 1.18. The third-order valence-corrected chi connectivity index (χ3v) is 4.87. The molecule has 1 aromatic carbocycles. The van der Waals surface area contributed by atoms with Crippen molar-refractivity contribution < 1.29 is 27.5 Å². The Labute approximate surface area is 148 Å². The molecular weight excluding hydrogens is 371 g/mol. The highest BCUT2D eigenvalue weighted by Gasteiger charge is 2.30. The summed E-state index contributed by atoms with van der Waals surface area (Å²) in [6.45, 7) is 0.201. The fourth-order valence-electron chi connectivity index (χ4n) is 2.44. The number of anilines is 1. The molecule has 0 atom stereocenters. The Bertz CT molecular complexity index is 1040. The SMILES string of the molecule is CN(Cc1cccc(C(F)(F)F)c1)c1cc2oc(=O)c(C(=O)O)cc2s1. The Morgan fingerprint density at radius 3 is 2.65 bits per heavy atom. The zero-order valence-electron chi connectivity index (χ0n) is 13.3. The molecule has 0 fully saturated rings. The molecule has 0 radical (unpaired) electrons. The van der Waals surface area contributed by atoms with Gasteiger partial charge >= 0.3 is 17.8 Å². The molecule has 0 amide bonds. The van der Waals surface area contributed by atoms with Crippen molar-refractivity contribution >= 4 is 32.6 Å². The average molecular weight is 383 g/mol. The minimum absolute atomic E-state index is 0.201. The van der Waals surface area contributed by atoms with Gasteiger partial charge in [-0.25, -0.2) is 9.59 Å². The van der Waals surface area contributed by atoms with Crippen molar-refractivity contribution in [2.24, 2.45) is 0 Å². The van der Waals surface area contributed by atoms with Gasteiger partial charge in [0, 0.05) is 19.7 Å². The number of carboxylic acid groups (broad SMARTS) is 1. The number of carbonyl (C=O) groups is 1.